The van der Waals surface area contributed by atoms with Gasteiger partial charge in [-0.1, -0.05) is 46.3 Å². The lowest BCUT2D eigenvalue weighted by Crippen LogP contribution is -2.26. The van der Waals surface area contributed by atoms with Crippen LogP contribution in [0.2, 0.25) is 0 Å². The van der Waals surface area contributed by atoms with Gasteiger partial charge in [-0.3, -0.25) is 4.79 Å². The second-order valence-corrected chi connectivity index (χ2v) is 6.72. The first-order chi connectivity index (χ1) is 12.2. The molecule has 4 rings (SSSR count). The summed E-state index contributed by atoms with van der Waals surface area (Å²) in [6.07, 6.45) is 2.24. The van der Waals surface area contributed by atoms with Crippen LogP contribution in [0.15, 0.2) is 87.0 Å². The van der Waals surface area contributed by atoms with Crippen molar-refractivity contribution in [3.05, 3.63) is 94.4 Å². The van der Waals surface area contributed by atoms with Gasteiger partial charge in [-0.2, -0.15) is 5.10 Å². The van der Waals surface area contributed by atoms with E-state index in [2.05, 4.69) is 21.0 Å². The number of furan rings is 1. The number of nitrogens with zero attached hydrogens (tertiary/aromatic N) is 2. The van der Waals surface area contributed by atoms with E-state index in [1.807, 2.05) is 54.6 Å². The Hall–Kier alpha value is -2.66. The molecule has 0 unspecified atom stereocenters. The molecule has 2 heterocycles. The monoisotopic (exact) mass is 394 g/mol. The van der Waals surface area contributed by atoms with E-state index in [0.717, 1.165) is 21.5 Å². The number of carbonyl (C=O) groups excluding carboxylic acids is 1. The van der Waals surface area contributed by atoms with E-state index in [9.17, 15) is 4.79 Å². The molecule has 0 aliphatic carbocycles. The number of amides is 1. The van der Waals surface area contributed by atoms with Crippen LogP contribution in [0.3, 0.4) is 0 Å². The summed E-state index contributed by atoms with van der Waals surface area (Å²) in [5.74, 6) is 0.606. The fourth-order valence-corrected chi connectivity index (χ4v) is 3.19. The van der Waals surface area contributed by atoms with Gasteiger partial charge in [0, 0.05) is 16.5 Å². The van der Waals surface area contributed by atoms with Crippen LogP contribution < -0.4 is 0 Å². The van der Waals surface area contributed by atoms with Crippen molar-refractivity contribution in [2.24, 2.45) is 5.10 Å². The summed E-state index contributed by atoms with van der Waals surface area (Å²) >= 11 is 3.44. The Balaban J connectivity index is 1.71. The van der Waals surface area contributed by atoms with Crippen LogP contribution in [0.1, 0.15) is 34.1 Å². The first kappa shape index (κ1) is 15.8. The van der Waals surface area contributed by atoms with Crippen molar-refractivity contribution in [1.82, 2.24) is 5.01 Å². The molecule has 124 valence electrons. The molecule has 2 aromatic carbocycles. The van der Waals surface area contributed by atoms with E-state index in [0.29, 0.717) is 12.0 Å². The molecule has 0 saturated carbocycles. The van der Waals surface area contributed by atoms with Gasteiger partial charge in [0.25, 0.3) is 5.91 Å². The highest BCUT2D eigenvalue weighted by molar-refractivity contribution is 9.10. The van der Waals surface area contributed by atoms with Crippen molar-refractivity contribution in [3.63, 3.8) is 0 Å². The highest BCUT2D eigenvalue weighted by atomic mass is 79.9. The number of benzene rings is 2. The SMILES string of the molecule is O=C(c1ccccc1)N1N=C(c2ccc(Br)cc2)C[C@@H]1c1ccco1. The average molecular weight is 395 g/mol. The van der Waals surface area contributed by atoms with Gasteiger partial charge in [-0.05, 0) is 42.0 Å². The largest absolute Gasteiger partial charge is 0.467 e. The molecule has 3 aromatic rings. The van der Waals surface area contributed by atoms with E-state index in [1.165, 1.54) is 5.01 Å². The van der Waals surface area contributed by atoms with Crippen molar-refractivity contribution in [2.45, 2.75) is 12.5 Å². The predicted octanol–water partition coefficient (Wildman–Crippen LogP) is 5.03. The lowest BCUT2D eigenvalue weighted by Gasteiger charge is -2.19. The Labute approximate surface area is 153 Å². The number of hydrazone groups is 1. The first-order valence-corrected chi connectivity index (χ1v) is 8.77. The summed E-state index contributed by atoms with van der Waals surface area (Å²) in [4.78, 5) is 13.0. The maximum atomic E-state index is 13.0. The molecule has 1 amide bonds. The molecule has 0 spiro atoms. The lowest BCUT2D eigenvalue weighted by atomic mass is 10.0. The van der Waals surface area contributed by atoms with Crippen molar-refractivity contribution >= 4 is 27.5 Å². The molecular weight excluding hydrogens is 380 g/mol. The molecule has 0 fully saturated rings. The van der Waals surface area contributed by atoms with Crippen LogP contribution >= 0.6 is 15.9 Å². The summed E-state index contributed by atoms with van der Waals surface area (Å²) in [5.41, 5.74) is 2.49. The summed E-state index contributed by atoms with van der Waals surface area (Å²) in [6.45, 7) is 0. The van der Waals surface area contributed by atoms with Gasteiger partial charge in [-0.25, -0.2) is 5.01 Å². The molecule has 5 heteroatoms. The maximum Gasteiger partial charge on any atom is 0.274 e. The van der Waals surface area contributed by atoms with Gasteiger partial charge in [0.1, 0.15) is 11.8 Å². The maximum absolute atomic E-state index is 13.0. The summed E-state index contributed by atoms with van der Waals surface area (Å²) in [6, 6.07) is 20.6. The zero-order valence-electron chi connectivity index (χ0n) is 13.3. The molecule has 1 aromatic heterocycles. The van der Waals surface area contributed by atoms with Gasteiger partial charge < -0.3 is 4.42 Å². The normalized spacial score (nSPS) is 16.8. The van der Waals surface area contributed by atoms with Crippen molar-refractivity contribution in [3.8, 4) is 0 Å². The van der Waals surface area contributed by atoms with Crippen molar-refractivity contribution < 1.29 is 9.21 Å². The molecule has 0 radical (unpaired) electrons. The molecule has 1 aliphatic heterocycles. The van der Waals surface area contributed by atoms with Crippen molar-refractivity contribution in [1.29, 1.82) is 0 Å². The van der Waals surface area contributed by atoms with Crippen LogP contribution in [0.5, 0.6) is 0 Å². The van der Waals surface area contributed by atoms with Gasteiger partial charge in [0.15, 0.2) is 0 Å². The summed E-state index contributed by atoms with van der Waals surface area (Å²) < 4.78 is 6.57. The van der Waals surface area contributed by atoms with Crippen LogP contribution in [0.4, 0.5) is 0 Å². The Kier molecular flexibility index (Phi) is 4.24. The molecule has 0 bridgehead atoms. The highest BCUT2D eigenvalue weighted by Gasteiger charge is 2.35. The standard InChI is InChI=1S/C20H15BrN2O2/c21-16-10-8-14(9-11-16)17-13-18(19-7-4-12-25-19)23(22-17)20(24)15-5-2-1-3-6-15/h1-12,18H,13H2/t18-/m1/s1. The zero-order valence-corrected chi connectivity index (χ0v) is 14.9. The minimum atomic E-state index is -0.235. The predicted molar refractivity (Wildman–Crippen MR) is 99.4 cm³/mol. The number of carbonyl (C=O) groups is 1. The first-order valence-electron chi connectivity index (χ1n) is 7.98. The molecular formula is C20H15BrN2O2. The molecule has 0 N–H and O–H groups in total. The third-order valence-electron chi connectivity index (χ3n) is 4.19. The Morgan fingerprint density at radius 3 is 2.48 bits per heavy atom. The van der Waals surface area contributed by atoms with E-state index in [1.54, 1.807) is 18.4 Å². The quantitative estimate of drug-likeness (QED) is 0.624. The minimum absolute atomic E-state index is 0.130. The fourth-order valence-electron chi connectivity index (χ4n) is 2.93. The molecule has 0 saturated heterocycles. The Morgan fingerprint density at radius 2 is 1.80 bits per heavy atom. The third kappa shape index (κ3) is 3.15. The van der Waals surface area contributed by atoms with Crippen LogP contribution in [-0.4, -0.2) is 16.6 Å². The van der Waals surface area contributed by atoms with Gasteiger partial charge in [-0.15, -0.1) is 0 Å². The van der Waals surface area contributed by atoms with E-state index in [4.69, 9.17) is 4.42 Å². The van der Waals surface area contributed by atoms with E-state index >= 15 is 0 Å². The summed E-state index contributed by atoms with van der Waals surface area (Å²) in [5, 5.41) is 6.16. The Bertz CT molecular complexity index is 903. The average Bonchev–Trinajstić information content (AvgIpc) is 3.32. The topological polar surface area (TPSA) is 45.8 Å². The Morgan fingerprint density at radius 1 is 1.04 bits per heavy atom. The second-order valence-electron chi connectivity index (χ2n) is 5.80. The minimum Gasteiger partial charge on any atom is -0.467 e. The third-order valence-corrected chi connectivity index (χ3v) is 4.72. The fraction of sp³-hybridized carbons (Fsp3) is 0.100. The highest BCUT2D eigenvalue weighted by Crippen LogP contribution is 2.34. The lowest BCUT2D eigenvalue weighted by molar-refractivity contribution is 0.0693. The molecule has 4 nitrogen and oxygen atoms in total. The molecule has 25 heavy (non-hydrogen) atoms. The second kappa shape index (κ2) is 6.69. The van der Waals surface area contributed by atoms with Gasteiger partial charge >= 0.3 is 0 Å². The molecule has 1 aliphatic rings. The van der Waals surface area contributed by atoms with Crippen LogP contribution in [0.25, 0.3) is 0 Å². The molecule has 1 atom stereocenters. The van der Waals surface area contributed by atoms with E-state index < -0.39 is 0 Å². The number of hydrogen-bond acceptors (Lipinski definition) is 3. The van der Waals surface area contributed by atoms with Crippen LogP contribution in [0, 0.1) is 0 Å². The number of hydrogen-bond donors (Lipinski definition) is 0. The summed E-state index contributed by atoms with van der Waals surface area (Å²) in [7, 11) is 0. The van der Waals surface area contributed by atoms with E-state index in [-0.39, 0.29) is 11.9 Å². The smallest absolute Gasteiger partial charge is 0.274 e. The van der Waals surface area contributed by atoms with Crippen molar-refractivity contribution in [2.75, 3.05) is 0 Å². The van der Waals surface area contributed by atoms with Gasteiger partial charge in [0.05, 0.1) is 12.0 Å². The zero-order chi connectivity index (χ0) is 17.2. The number of rotatable bonds is 3. The van der Waals surface area contributed by atoms with Crippen LogP contribution in [-0.2, 0) is 0 Å². The van der Waals surface area contributed by atoms with Gasteiger partial charge in [0.2, 0.25) is 0 Å². The number of halogens is 1.